The largest absolute Gasteiger partial charge is 0.371 e. The molecule has 6 nitrogen and oxygen atoms in total. The van der Waals surface area contributed by atoms with Gasteiger partial charge in [-0.3, -0.25) is 0 Å². The molecular formula is C13H12N4O2S. The van der Waals surface area contributed by atoms with Crippen LogP contribution in [-0.4, -0.2) is 18.4 Å². The zero-order valence-corrected chi connectivity index (χ0v) is 11.2. The standard InChI is InChI=1S/C13H12N4O2S/c14-20(18,19)10-3-5-11-9(8-10)2-4-12(17-11)13-15-6-1-7-16-13/h1-8,12,17H,(H2,14,18,19). The molecular weight excluding hydrogens is 276 g/mol. The van der Waals surface area contributed by atoms with Crippen LogP contribution in [-0.2, 0) is 10.0 Å². The van der Waals surface area contributed by atoms with Crippen molar-refractivity contribution >= 4 is 21.8 Å². The lowest BCUT2D eigenvalue weighted by molar-refractivity contribution is 0.598. The summed E-state index contributed by atoms with van der Waals surface area (Å²) < 4.78 is 22.6. The first-order valence-electron chi connectivity index (χ1n) is 5.92. The van der Waals surface area contributed by atoms with Crippen molar-refractivity contribution in [2.24, 2.45) is 5.14 Å². The molecule has 102 valence electrons. The van der Waals surface area contributed by atoms with E-state index >= 15 is 0 Å². The third kappa shape index (κ3) is 2.40. The number of aromatic nitrogens is 2. The van der Waals surface area contributed by atoms with Crippen molar-refractivity contribution in [3.8, 4) is 0 Å². The molecule has 0 bridgehead atoms. The van der Waals surface area contributed by atoms with E-state index in [4.69, 9.17) is 5.14 Å². The van der Waals surface area contributed by atoms with Crippen LogP contribution in [0, 0.1) is 0 Å². The van der Waals surface area contributed by atoms with Crippen molar-refractivity contribution in [3.05, 3.63) is 54.1 Å². The molecule has 2 aromatic rings. The SMILES string of the molecule is NS(=O)(=O)c1ccc2c(c1)C=CC(c1ncccn1)N2. The van der Waals surface area contributed by atoms with Crippen LogP contribution in [0.4, 0.5) is 5.69 Å². The molecule has 20 heavy (non-hydrogen) atoms. The second kappa shape index (κ2) is 4.69. The Morgan fingerprint density at radius 3 is 2.65 bits per heavy atom. The van der Waals surface area contributed by atoms with Gasteiger partial charge < -0.3 is 5.32 Å². The highest BCUT2D eigenvalue weighted by molar-refractivity contribution is 7.89. The minimum Gasteiger partial charge on any atom is -0.371 e. The lowest BCUT2D eigenvalue weighted by Gasteiger charge is -2.21. The van der Waals surface area contributed by atoms with Gasteiger partial charge in [-0.25, -0.2) is 23.5 Å². The summed E-state index contributed by atoms with van der Waals surface area (Å²) >= 11 is 0. The summed E-state index contributed by atoms with van der Waals surface area (Å²) in [6.07, 6.45) is 7.07. The van der Waals surface area contributed by atoms with E-state index in [2.05, 4.69) is 15.3 Å². The Morgan fingerprint density at radius 2 is 1.95 bits per heavy atom. The van der Waals surface area contributed by atoms with Crippen molar-refractivity contribution in [1.29, 1.82) is 0 Å². The van der Waals surface area contributed by atoms with Crippen molar-refractivity contribution in [3.63, 3.8) is 0 Å². The minimum absolute atomic E-state index is 0.0945. The molecule has 0 radical (unpaired) electrons. The van der Waals surface area contributed by atoms with E-state index in [1.807, 2.05) is 12.2 Å². The Kier molecular flexibility index (Phi) is 3.00. The topological polar surface area (TPSA) is 98.0 Å². The quantitative estimate of drug-likeness (QED) is 0.868. The molecule has 0 aliphatic carbocycles. The summed E-state index contributed by atoms with van der Waals surface area (Å²) in [5.41, 5.74) is 1.58. The van der Waals surface area contributed by atoms with Gasteiger partial charge in [-0.1, -0.05) is 12.2 Å². The fraction of sp³-hybridized carbons (Fsp3) is 0.0769. The van der Waals surface area contributed by atoms with Gasteiger partial charge in [-0.15, -0.1) is 0 Å². The molecule has 1 aliphatic rings. The van der Waals surface area contributed by atoms with Gasteiger partial charge in [0.1, 0.15) is 6.04 Å². The van der Waals surface area contributed by atoms with Crippen LogP contribution in [0.15, 0.2) is 47.6 Å². The predicted molar refractivity (Wildman–Crippen MR) is 75.2 cm³/mol. The molecule has 1 aliphatic heterocycles. The Hall–Kier alpha value is -2.25. The highest BCUT2D eigenvalue weighted by Gasteiger charge is 2.18. The molecule has 3 N–H and O–H groups in total. The average Bonchev–Trinajstić information content (AvgIpc) is 2.46. The summed E-state index contributed by atoms with van der Waals surface area (Å²) in [4.78, 5) is 8.48. The maximum absolute atomic E-state index is 11.3. The van der Waals surface area contributed by atoms with Crippen LogP contribution >= 0.6 is 0 Å². The van der Waals surface area contributed by atoms with Crippen molar-refractivity contribution in [1.82, 2.24) is 9.97 Å². The van der Waals surface area contributed by atoms with Crippen LogP contribution in [0.3, 0.4) is 0 Å². The second-order valence-corrected chi connectivity index (χ2v) is 5.94. The molecule has 0 fully saturated rings. The Bertz CT molecular complexity index is 772. The second-order valence-electron chi connectivity index (χ2n) is 4.38. The molecule has 1 aromatic heterocycles. The predicted octanol–water partition coefficient (Wildman–Crippen LogP) is 1.30. The van der Waals surface area contributed by atoms with Gasteiger partial charge in [0.2, 0.25) is 10.0 Å². The molecule has 1 unspecified atom stereocenters. The molecule has 0 amide bonds. The van der Waals surface area contributed by atoms with Gasteiger partial charge in [0, 0.05) is 18.1 Å². The lowest BCUT2D eigenvalue weighted by Crippen LogP contribution is -2.16. The Balaban J connectivity index is 1.95. The number of nitrogens with two attached hydrogens (primary N) is 1. The molecule has 7 heteroatoms. The Morgan fingerprint density at radius 1 is 1.20 bits per heavy atom. The highest BCUT2D eigenvalue weighted by atomic mass is 32.2. The Labute approximate surface area is 116 Å². The first-order chi connectivity index (χ1) is 9.54. The normalized spacial score (nSPS) is 17.4. The van der Waals surface area contributed by atoms with E-state index in [0.29, 0.717) is 5.82 Å². The van der Waals surface area contributed by atoms with Gasteiger partial charge in [-0.2, -0.15) is 0 Å². The summed E-state index contributed by atoms with van der Waals surface area (Å²) in [6, 6.07) is 6.32. The molecule has 3 rings (SSSR count). The van der Waals surface area contributed by atoms with Crippen LogP contribution in [0.5, 0.6) is 0 Å². The number of fused-ring (bicyclic) bond motifs is 1. The smallest absolute Gasteiger partial charge is 0.238 e. The van der Waals surface area contributed by atoms with E-state index in [9.17, 15) is 8.42 Å². The number of benzene rings is 1. The number of nitrogens with one attached hydrogen (secondary N) is 1. The lowest BCUT2D eigenvalue weighted by atomic mass is 10.1. The van der Waals surface area contributed by atoms with Crippen LogP contribution in [0.25, 0.3) is 6.08 Å². The van der Waals surface area contributed by atoms with E-state index in [1.165, 1.54) is 12.1 Å². The maximum atomic E-state index is 11.3. The monoisotopic (exact) mass is 288 g/mol. The molecule has 0 spiro atoms. The first kappa shape index (κ1) is 12.8. The van der Waals surface area contributed by atoms with Crippen LogP contribution < -0.4 is 10.5 Å². The fourth-order valence-electron chi connectivity index (χ4n) is 2.02. The highest BCUT2D eigenvalue weighted by Crippen LogP contribution is 2.30. The number of hydrogen-bond donors (Lipinski definition) is 2. The third-order valence-electron chi connectivity index (χ3n) is 2.99. The van der Waals surface area contributed by atoms with Gasteiger partial charge in [0.15, 0.2) is 5.82 Å². The molecule has 1 atom stereocenters. The molecule has 0 saturated heterocycles. The van der Waals surface area contributed by atoms with Crippen molar-refractivity contribution < 1.29 is 8.42 Å². The number of rotatable bonds is 2. The van der Waals surface area contributed by atoms with E-state index in [1.54, 1.807) is 24.5 Å². The van der Waals surface area contributed by atoms with Crippen LogP contribution in [0.1, 0.15) is 17.4 Å². The summed E-state index contributed by atoms with van der Waals surface area (Å²) in [5.74, 6) is 0.657. The summed E-state index contributed by atoms with van der Waals surface area (Å²) in [7, 11) is -3.69. The molecule has 2 heterocycles. The van der Waals surface area contributed by atoms with Gasteiger partial charge in [-0.05, 0) is 29.8 Å². The van der Waals surface area contributed by atoms with Gasteiger partial charge in [0.05, 0.1) is 4.90 Å². The number of primary sulfonamides is 1. The average molecular weight is 288 g/mol. The van der Waals surface area contributed by atoms with E-state index in [0.717, 1.165) is 11.3 Å². The van der Waals surface area contributed by atoms with Crippen molar-refractivity contribution in [2.45, 2.75) is 10.9 Å². The van der Waals surface area contributed by atoms with Crippen molar-refractivity contribution in [2.75, 3.05) is 5.32 Å². The summed E-state index contributed by atoms with van der Waals surface area (Å²) in [6.45, 7) is 0. The zero-order chi connectivity index (χ0) is 14.2. The number of nitrogens with zero attached hydrogens (tertiary/aromatic N) is 2. The number of hydrogen-bond acceptors (Lipinski definition) is 5. The summed E-state index contributed by atoms with van der Waals surface area (Å²) in [5, 5.41) is 8.36. The zero-order valence-electron chi connectivity index (χ0n) is 10.4. The molecule has 1 aromatic carbocycles. The van der Waals surface area contributed by atoms with E-state index < -0.39 is 10.0 Å². The molecule has 0 saturated carbocycles. The third-order valence-corrected chi connectivity index (χ3v) is 3.91. The van der Waals surface area contributed by atoms with Gasteiger partial charge in [0.25, 0.3) is 0 Å². The number of anilines is 1. The number of sulfonamides is 1. The van der Waals surface area contributed by atoms with E-state index in [-0.39, 0.29) is 10.9 Å². The fourth-order valence-corrected chi connectivity index (χ4v) is 2.57. The maximum Gasteiger partial charge on any atom is 0.238 e. The van der Waals surface area contributed by atoms with Gasteiger partial charge >= 0.3 is 0 Å². The first-order valence-corrected chi connectivity index (χ1v) is 7.47. The minimum atomic E-state index is -3.69. The van der Waals surface area contributed by atoms with Crippen LogP contribution in [0.2, 0.25) is 0 Å².